The minimum Gasteiger partial charge on any atom is -0.459 e. The van der Waals surface area contributed by atoms with Crippen LogP contribution in [0, 0.1) is 5.82 Å². The van der Waals surface area contributed by atoms with E-state index in [0.29, 0.717) is 24.0 Å². The second-order valence-corrected chi connectivity index (χ2v) is 7.32. The molecule has 0 fully saturated rings. The van der Waals surface area contributed by atoms with Crippen molar-refractivity contribution < 1.29 is 23.5 Å². The van der Waals surface area contributed by atoms with Crippen LogP contribution in [-0.4, -0.2) is 30.9 Å². The molecular weight excluding hydrogens is 419 g/mol. The van der Waals surface area contributed by atoms with Gasteiger partial charge in [-0.3, -0.25) is 9.59 Å². The molecule has 27 heavy (non-hydrogen) atoms. The molecule has 0 atom stereocenters. The van der Waals surface area contributed by atoms with Crippen LogP contribution in [0.5, 0.6) is 0 Å². The summed E-state index contributed by atoms with van der Waals surface area (Å²) in [4.78, 5) is 36.8. The van der Waals surface area contributed by atoms with Crippen LogP contribution < -0.4 is 10.6 Å². The van der Waals surface area contributed by atoms with Gasteiger partial charge in [0.1, 0.15) is 5.82 Å². The molecule has 0 heterocycles. The van der Waals surface area contributed by atoms with Crippen LogP contribution >= 0.6 is 15.9 Å². The van der Waals surface area contributed by atoms with Gasteiger partial charge in [-0.25, -0.2) is 9.18 Å². The highest BCUT2D eigenvalue weighted by Crippen LogP contribution is 2.29. The molecule has 0 spiro atoms. The third-order valence-electron chi connectivity index (χ3n) is 4.11. The Kier molecular flexibility index (Phi) is 7.12. The minimum absolute atomic E-state index is 0.101. The number of likely N-dealkylation sites (N-methyl/N-ethyl adjacent to an activating group) is 1. The number of rotatable bonds is 5. The van der Waals surface area contributed by atoms with Crippen molar-refractivity contribution in [2.45, 2.75) is 45.6 Å². The maximum atomic E-state index is 14.3. The van der Waals surface area contributed by atoms with Crippen LogP contribution in [0.4, 0.5) is 10.1 Å². The van der Waals surface area contributed by atoms with Gasteiger partial charge in [-0.1, -0.05) is 0 Å². The van der Waals surface area contributed by atoms with E-state index >= 15 is 0 Å². The second kappa shape index (κ2) is 9.12. The zero-order valence-electron chi connectivity index (χ0n) is 15.4. The normalized spacial score (nSPS) is 14.1. The molecule has 2 N–H and O–H groups in total. The molecule has 0 radical (unpaired) electrons. The van der Waals surface area contributed by atoms with Crippen molar-refractivity contribution in [1.82, 2.24) is 5.32 Å². The van der Waals surface area contributed by atoms with Gasteiger partial charge in [0.15, 0.2) is 0 Å². The smallest absolute Gasteiger partial charge is 0.339 e. The van der Waals surface area contributed by atoms with Gasteiger partial charge in [0.25, 0.3) is 5.91 Å². The first kappa shape index (κ1) is 21.1. The number of ether oxygens (including phenoxy) is 1. The van der Waals surface area contributed by atoms with Crippen LogP contribution in [0.2, 0.25) is 0 Å². The Morgan fingerprint density at radius 2 is 1.70 bits per heavy atom. The number of anilines is 1. The van der Waals surface area contributed by atoms with E-state index < -0.39 is 17.7 Å². The van der Waals surface area contributed by atoms with Gasteiger partial charge in [0, 0.05) is 22.7 Å². The van der Waals surface area contributed by atoms with Crippen LogP contribution in [0.3, 0.4) is 0 Å². The van der Waals surface area contributed by atoms with E-state index in [1.165, 1.54) is 13.1 Å². The summed E-state index contributed by atoms with van der Waals surface area (Å²) >= 11 is 3.14. The zero-order chi connectivity index (χ0) is 20.1. The lowest BCUT2D eigenvalue weighted by atomic mass is 9.90. The van der Waals surface area contributed by atoms with Gasteiger partial charge >= 0.3 is 5.97 Å². The molecule has 0 aromatic heterocycles. The molecular formula is C19H22BrFN2O4. The first-order chi connectivity index (χ1) is 12.7. The number of benzene rings is 1. The number of halogens is 2. The average Bonchev–Trinajstić information content (AvgIpc) is 2.62. The van der Waals surface area contributed by atoms with E-state index in [0.717, 1.165) is 18.9 Å². The summed E-state index contributed by atoms with van der Waals surface area (Å²) in [7, 11) is 1.50. The third-order valence-corrected chi connectivity index (χ3v) is 4.77. The van der Waals surface area contributed by atoms with Gasteiger partial charge in [0.2, 0.25) is 5.91 Å². The number of nitrogens with one attached hydrogen (secondary N) is 2. The molecule has 0 aliphatic heterocycles. The molecule has 1 aromatic carbocycles. The van der Waals surface area contributed by atoms with Crippen molar-refractivity contribution in [2.24, 2.45) is 0 Å². The summed E-state index contributed by atoms with van der Waals surface area (Å²) in [6, 6.07) is 2.33. The predicted molar refractivity (Wildman–Crippen MR) is 103 cm³/mol. The second-order valence-electron chi connectivity index (χ2n) is 6.46. The maximum Gasteiger partial charge on any atom is 0.339 e. The topological polar surface area (TPSA) is 84.5 Å². The largest absolute Gasteiger partial charge is 0.459 e. The van der Waals surface area contributed by atoms with Crippen LogP contribution in [-0.2, 0) is 14.3 Å². The predicted octanol–water partition coefficient (Wildman–Crippen LogP) is 3.71. The minimum atomic E-state index is -0.700. The molecule has 6 nitrogen and oxygen atoms in total. The van der Waals surface area contributed by atoms with Gasteiger partial charge in [-0.05, 0) is 67.6 Å². The third kappa shape index (κ3) is 5.15. The van der Waals surface area contributed by atoms with Crippen molar-refractivity contribution in [3.8, 4) is 0 Å². The van der Waals surface area contributed by atoms with Crippen molar-refractivity contribution in [3.05, 3.63) is 39.1 Å². The summed E-state index contributed by atoms with van der Waals surface area (Å²) in [5.74, 6) is -2.18. The van der Waals surface area contributed by atoms with Crippen molar-refractivity contribution in [2.75, 3.05) is 12.4 Å². The van der Waals surface area contributed by atoms with Crippen LogP contribution in [0.15, 0.2) is 27.8 Å². The fraction of sp³-hybridized carbons (Fsp3) is 0.421. The first-order valence-electron chi connectivity index (χ1n) is 8.70. The summed E-state index contributed by atoms with van der Waals surface area (Å²) < 4.78 is 19.7. The van der Waals surface area contributed by atoms with E-state index in [4.69, 9.17) is 4.74 Å². The van der Waals surface area contributed by atoms with Gasteiger partial charge in [0.05, 0.1) is 17.4 Å². The molecule has 2 amide bonds. The number of amides is 2. The number of esters is 1. The summed E-state index contributed by atoms with van der Waals surface area (Å²) in [5, 5.41) is 5.01. The number of hydrogen-bond acceptors (Lipinski definition) is 4. The molecule has 146 valence electrons. The molecule has 0 saturated carbocycles. The first-order valence-corrected chi connectivity index (χ1v) is 9.49. The van der Waals surface area contributed by atoms with Crippen LogP contribution in [0.25, 0.3) is 0 Å². The Bertz CT molecular complexity index is 805. The highest BCUT2D eigenvalue weighted by molar-refractivity contribution is 9.10. The van der Waals surface area contributed by atoms with Crippen molar-refractivity contribution >= 4 is 39.4 Å². The van der Waals surface area contributed by atoms with E-state index in [1.807, 2.05) is 0 Å². The quantitative estimate of drug-likeness (QED) is 0.683. The summed E-state index contributed by atoms with van der Waals surface area (Å²) in [6.07, 6.45) is 2.19. The lowest BCUT2D eigenvalue weighted by Gasteiger charge is -2.19. The molecule has 1 aliphatic rings. The molecule has 2 rings (SSSR count). The maximum absolute atomic E-state index is 14.3. The number of carbonyl (C=O) groups is 3. The highest BCUT2D eigenvalue weighted by Gasteiger charge is 2.25. The zero-order valence-corrected chi connectivity index (χ0v) is 17.0. The lowest BCUT2D eigenvalue weighted by Crippen LogP contribution is -2.27. The van der Waals surface area contributed by atoms with Gasteiger partial charge in [-0.2, -0.15) is 0 Å². The van der Waals surface area contributed by atoms with Gasteiger partial charge < -0.3 is 15.4 Å². The van der Waals surface area contributed by atoms with E-state index in [9.17, 15) is 18.8 Å². The number of carbonyl (C=O) groups excluding carboxylic acids is 3. The van der Waals surface area contributed by atoms with Crippen molar-refractivity contribution in [3.63, 3.8) is 0 Å². The average molecular weight is 441 g/mol. The molecule has 0 unspecified atom stereocenters. The summed E-state index contributed by atoms with van der Waals surface area (Å²) in [6.45, 7) is 3.40. The molecule has 8 heteroatoms. The fourth-order valence-corrected chi connectivity index (χ4v) is 3.31. The molecule has 1 aliphatic carbocycles. The molecule has 0 saturated heterocycles. The monoisotopic (exact) mass is 440 g/mol. The van der Waals surface area contributed by atoms with Gasteiger partial charge in [-0.15, -0.1) is 0 Å². The Morgan fingerprint density at radius 1 is 1.11 bits per heavy atom. The fourth-order valence-electron chi connectivity index (χ4n) is 2.83. The number of hydrogen-bond donors (Lipinski definition) is 2. The highest BCUT2D eigenvalue weighted by atomic mass is 79.9. The Morgan fingerprint density at radius 3 is 2.26 bits per heavy atom. The van der Waals surface area contributed by atoms with E-state index in [-0.39, 0.29) is 27.7 Å². The standard InChI is InChI=1S/C19H22BrFN2O4/c1-10(2)27-19(26)13-8-16(15(21)9-14(13)20)23-18(25)12-7-5-4-6-11(12)17(24)22-3/h8-10H,4-7H2,1-3H3,(H,22,24)(H,23,25). The van der Waals surface area contributed by atoms with E-state index in [2.05, 4.69) is 26.6 Å². The summed E-state index contributed by atoms with van der Waals surface area (Å²) in [5.41, 5.74) is 0.713. The molecule has 1 aromatic rings. The van der Waals surface area contributed by atoms with Crippen molar-refractivity contribution in [1.29, 1.82) is 0 Å². The Labute approximate surface area is 165 Å². The van der Waals surface area contributed by atoms with E-state index in [1.54, 1.807) is 13.8 Å². The molecule has 0 bridgehead atoms. The lowest BCUT2D eigenvalue weighted by molar-refractivity contribution is -0.118. The SMILES string of the molecule is CNC(=O)C1=C(C(=O)Nc2cc(C(=O)OC(C)C)c(Br)cc2F)CCCC1. The Balaban J connectivity index is 2.33. The Hall–Kier alpha value is -2.22. The van der Waals surface area contributed by atoms with Crippen LogP contribution in [0.1, 0.15) is 49.9 Å².